The molecule has 0 saturated carbocycles. The van der Waals surface area contributed by atoms with E-state index in [1.54, 1.807) is 30.3 Å². The van der Waals surface area contributed by atoms with E-state index >= 15 is 0 Å². The highest BCUT2D eigenvalue weighted by Gasteiger charge is 2.10. The third-order valence-corrected chi connectivity index (χ3v) is 3.06. The van der Waals surface area contributed by atoms with E-state index in [9.17, 15) is 14.0 Å². The van der Waals surface area contributed by atoms with E-state index in [-0.39, 0.29) is 12.0 Å². The van der Waals surface area contributed by atoms with Crippen LogP contribution < -0.4 is 5.32 Å². The molecule has 2 rings (SSSR count). The van der Waals surface area contributed by atoms with Gasteiger partial charge in [-0.25, -0.2) is 9.18 Å². The molecule has 0 aromatic heterocycles. The maximum absolute atomic E-state index is 13.7. The highest BCUT2D eigenvalue weighted by Crippen LogP contribution is 2.24. The van der Waals surface area contributed by atoms with E-state index in [2.05, 4.69) is 10.1 Å². The Kier molecular flexibility index (Phi) is 5.05. The van der Waals surface area contributed by atoms with Gasteiger partial charge in [0.25, 0.3) is 0 Å². The van der Waals surface area contributed by atoms with Crippen molar-refractivity contribution in [1.29, 1.82) is 5.26 Å². The maximum Gasteiger partial charge on any atom is 0.337 e. The Balaban J connectivity index is 2.26. The van der Waals surface area contributed by atoms with Crippen molar-refractivity contribution in [1.82, 2.24) is 0 Å². The lowest BCUT2D eigenvalue weighted by Gasteiger charge is -2.07. The minimum Gasteiger partial charge on any atom is -0.465 e. The fourth-order valence-electron chi connectivity index (χ4n) is 2.02. The van der Waals surface area contributed by atoms with Crippen LogP contribution in [0.1, 0.15) is 16.8 Å². The van der Waals surface area contributed by atoms with E-state index in [4.69, 9.17) is 5.26 Å². The van der Waals surface area contributed by atoms with Crippen LogP contribution in [0.15, 0.2) is 42.5 Å². The average Bonchev–Trinajstić information content (AvgIpc) is 2.54. The Bertz CT molecular complexity index is 779. The summed E-state index contributed by atoms with van der Waals surface area (Å²) < 4.78 is 18.2. The number of hydrogen-bond donors (Lipinski definition) is 1. The minimum absolute atomic E-state index is 0.119. The number of esters is 1. The van der Waals surface area contributed by atoms with Gasteiger partial charge in [0, 0.05) is 5.69 Å². The van der Waals surface area contributed by atoms with Crippen LogP contribution in [0.4, 0.5) is 10.1 Å². The van der Waals surface area contributed by atoms with Gasteiger partial charge in [-0.2, -0.15) is 5.26 Å². The Morgan fingerprint density at radius 3 is 2.48 bits per heavy atom. The lowest BCUT2D eigenvalue weighted by molar-refractivity contribution is -0.115. The molecular formula is C17H13FN2O3. The molecule has 0 aliphatic rings. The van der Waals surface area contributed by atoms with Crippen molar-refractivity contribution in [2.45, 2.75) is 6.42 Å². The average molecular weight is 312 g/mol. The zero-order chi connectivity index (χ0) is 16.8. The van der Waals surface area contributed by atoms with Crippen molar-refractivity contribution < 1.29 is 18.7 Å². The lowest BCUT2D eigenvalue weighted by Crippen LogP contribution is -2.09. The molecule has 0 radical (unpaired) electrons. The molecule has 0 saturated heterocycles. The van der Waals surface area contributed by atoms with Gasteiger partial charge in [0.05, 0.1) is 18.7 Å². The molecule has 6 heteroatoms. The van der Waals surface area contributed by atoms with Crippen LogP contribution in [0.5, 0.6) is 0 Å². The predicted octanol–water partition coefficient (Wildman–Crippen LogP) is 3.13. The molecule has 0 bridgehead atoms. The number of nitrogens with zero attached hydrogens (tertiary/aromatic N) is 1. The Labute approximate surface area is 132 Å². The zero-order valence-corrected chi connectivity index (χ0v) is 12.3. The normalized spacial score (nSPS) is 9.78. The van der Waals surface area contributed by atoms with Gasteiger partial charge in [-0.1, -0.05) is 12.1 Å². The maximum atomic E-state index is 13.7. The zero-order valence-electron chi connectivity index (χ0n) is 12.3. The summed E-state index contributed by atoms with van der Waals surface area (Å²) in [5.74, 6) is -1.57. The van der Waals surface area contributed by atoms with Crippen molar-refractivity contribution in [3.8, 4) is 17.2 Å². The van der Waals surface area contributed by atoms with Gasteiger partial charge in [-0.15, -0.1) is 0 Å². The molecule has 0 aliphatic heterocycles. The molecule has 2 aromatic carbocycles. The van der Waals surface area contributed by atoms with Crippen LogP contribution in [0.25, 0.3) is 11.1 Å². The molecule has 5 nitrogen and oxygen atoms in total. The number of hydrogen-bond acceptors (Lipinski definition) is 4. The Morgan fingerprint density at radius 2 is 1.87 bits per heavy atom. The first-order valence-electron chi connectivity index (χ1n) is 6.69. The summed E-state index contributed by atoms with van der Waals surface area (Å²) in [7, 11) is 1.23. The van der Waals surface area contributed by atoms with Gasteiger partial charge in [-0.3, -0.25) is 4.79 Å². The van der Waals surface area contributed by atoms with Crippen LogP contribution in [-0.2, 0) is 9.53 Å². The molecule has 0 unspecified atom stereocenters. The molecule has 0 aliphatic carbocycles. The van der Waals surface area contributed by atoms with E-state index < -0.39 is 17.7 Å². The number of nitrogens with one attached hydrogen (secondary N) is 1. The third-order valence-electron chi connectivity index (χ3n) is 3.06. The number of rotatable bonds is 4. The summed E-state index contributed by atoms with van der Waals surface area (Å²) in [4.78, 5) is 22.9. The number of carbonyl (C=O) groups excluding carboxylic acids is 2. The summed E-state index contributed by atoms with van der Waals surface area (Å²) in [6.45, 7) is 0. The van der Waals surface area contributed by atoms with Gasteiger partial charge in [0.15, 0.2) is 0 Å². The van der Waals surface area contributed by atoms with Gasteiger partial charge in [0.2, 0.25) is 5.91 Å². The third kappa shape index (κ3) is 4.14. The second-order valence-corrected chi connectivity index (χ2v) is 4.68. The standard InChI is InChI=1S/C17H13FN2O3/c1-23-17(22)13-8-12(9-14(18)10-13)11-2-4-15(5-3-11)20-16(21)6-7-19/h2-5,8-10H,6H2,1H3,(H,20,21). The van der Waals surface area contributed by atoms with E-state index in [0.717, 1.165) is 6.07 Å². The molecule has 0 spiro atoms. The molecule has 0 heterocycles. The number of ether oxygens (including phenoxy) is 1. The first-order chi connectivity index (χ1) is 11.0. The number of anilines is 1. The van der Waals surface area contributed by atoms with Crippen LogP contribution in [0.3, 0.4) is 0 Å². The van der Waals surface area contributed by atoms with Crippen molar-refractivity contribution >= 4 is 17.6 Å². The Morgan fingerprint density at radius 1 is 1.17 bits per heavy atom. The summed E-state index contributed by atoms with van der Waals surface area (Å²) >= 11 is 0. The minimum atomic E-state index is -0.619. The highest BCUT2D eigenvalue weighted by atomic mass is 19.1. The smallest absolute Gasteiger partial charge is 0.337 e. The predicted molar refractivity (Wildman–Crippen MR) is 82.0 cm³/mol. The SMILES string of the molecule is COC(=O)c1cc(F)cc(-c2ccc(NC(=O)CC#N)cc2)c1. The van der Waals surface area contributed by atoms with E-state index in [0.29, 0.717) is 16.8 Å². The molecule has 2 aromatic rings. The van der Waals surface area contributed by atoms with Crippen molar-refractivity contribution in [2.24, 2.45) is 0 Å². The first-order valence-corrected chi connectivity index (χ1v) is 6.69. The van der Waals surface area contributed by atoms with Gasteiger partial charge < -0.3 is 10.1 Å². The van der Waals surface area contributed by atoms with Crippen LogP contribution in [-0.4, -0.2) is 19.0 Å². The second-order valence-electron chi connectivity index (χ2n) is 4.68. The van der Waals surface area contributed by atoms with Crippen molar-refractivity contribution in [3.05, 3.63) is 53.8 Å². The molecule has 1 amide bonds. The highest BCUT2D eigenvalue weighted by molar-refractivity contribution is 5.93. The number of halogens is 1. The fourth-order valence-corrected chi connectivity index (χ4v) is 2.02. The van der Waals surface area contributed by atoms with Crippen LogP contribution in [0, 0.1) is 17.1 Å². The van der Waals surface area contributed by atoms with Gasteiger partial charge in [0.1, 0.15) is 12.2 Å². The number of methoxy groups -OCH3 is 1. The molecule has 23 heavy (non-hydrogen) atoms. The number of amides is 1. The first kappa shape index (κ1) is 16.2. The quantitative estimate of drug-likeness (QED) is 0.880. The largest absolute Gasteiger partial charge is 0.465 e. The number of nitriles is 1. The summed E-state index contributed by atoms with van der Waals surface area (Å²) in [5.41, 5.74) is 1.83. The summed E-state index contributed by atoms with van der Waals surface area (Å²) in [5, 5.41) is 11.0. The topological polar surface area (TPSA) is 79.2 Å². The molecule has 0 fully saturated rings. The van der Waals surface area contributed by atoms with Crippen molar-refractivity contribution in [3.63, 3.8) is 0 Å². The van der Waals surface area contributed by atoms with Crippen LogP contribution >= 0.6 is 0 Å². The van der Waals surface area contributed by atoms with E-state index in [1.807, 2.05) is 0 Å². The molecular weight excluding hydrogens is 299 g/mol. The van der Waals surface area contributed by atoms with Crippen molar-refractivity contribution in [2.75, 3.05) is 12.4 Å². The van der Waals surface area contributed by atoms with Gasteiger partial charge >= 0.3 is 5.97 Å². The summed E-state index contributed by atoms with van der Waals surface area (Å²) in [6.07, 6.45) is -0.228. The number of carbonyl (C=O) groups is 2. The molecule has 0 atom stereocenters. The van der Waals surface area contributed by atoms with E-state index in [1.165, 1.54) is 19.2 Å². The number of benzene rings is 2. The lowest BCUT2D eigenvalue weighted by atomic mass is 10.0. The van der Waals surface area contributed by atoms with Crippen LogP contribution in [0.2, 0.25) is 0 Å². The fraction of sp³-hybridized carbons (Fsp3) is 0.118. The summed E-state index contributed by atoms with van der Waals surface area (Å²) in [6, 6.07) is 12.3. The Hall–Kier alpha value is -3.20. The monoisotopic (exact) mass is 312 g/mol. The molecule has 1 N–H and O–H groups in total. The molecule has 116 valence electrons. The van der Waals surface area contributed by atoms with Gasteiger partial charge in [-0.05, 0) is 41.5 Å². The second kappa shape index (κ2) is 7.18.